The lowest BCUT2D eigenvalue weighted by atomic mass is 9.97. The van der Waals surface area contributed by atoms with Crippen molar-refractivity contribution in [2.75, 3.05) is 7.11 Å². The van der Waals surface area contributed by atoms with E-state index >= 15 is 0 Å². The van der Waals surface area contributed by atoms with Gasteiger partial charge in [-0.15, -0.1) is 11.3 Å². The molecule has 0 saturated carbocycles. The van der Waals surface area contributed by atoms with E-state index in [0.29, 0.717) is 0 Å². The van der Waals surface area contributed by atoms with Crippen LogP contribution in [0.15, 0.2) is 47.8 Å². The van der Waals surface area contributed by atoms with E-state index in [1.165, 1.54) is 26.8 Å². The first-order chi connectivity index (χ1) is 10.2. The molecule has 3 heteroatoms. The van der Waals surface area contributed by atoms with Crippen molar-refractivity contribution in [1.29, 1.82) is 0 Å². The summed E-state index contributed by atoms with van der Waals surface area (Å²) in [4.78, 5) is 1.27. The maximum absolute atomic E-state index is 6.41. The predicted octanol–water partition coefficient (Wildman–Crippen LogP) is 4.46. The van der Waals surface area contributed by atoms with Gasteiger partial charge in [-0.25, -0.2) is 0 Å². The normalized spacial score (nSPS) is 12.5. The standard InChI is InChI=1S/C18H19NOS/c1-12-8-9-21-18(12)17(19)10-14-5-3-4-13-6-7-15(20-2)11-16(13)14/h3-9,11,17H,10,19H2,1-2H3. The fourth-order valence-corrected chi connectivity index (χ4v) is 3.65. The second-order valence-electron chi connectivity index (χ2n) is 5.28. The molecule has 2 nitrogen and oxygen atoms in total. The summed E-state index contributed by atoms with van der Waals surface area (Å²) in [6.45, 7) is 2.12. The molecular weight excluding hydrogens is 278 g/mol. The van der Waals surface area contributed by atoms with E-state index in [1.54, 1.807) is 18.4 Å². The Hall–Kier alpha value is -1.84. The van der Waals surface area contributed by atoms with Crippen LogP contribution in [0.2, 0.25) is 0 Å². The Labute approximate surface area is 129 Å². The third-order valence-corrected chi connectivity index (χ3v) is 5.01. The van der Waals surface area contributed by atoms with E-state index in [-0.39, 0.29) is 6.04 Å². The molecule has 0 aliphatic heterocycles. The number of ether oxygens (including phenoxy) is 1. The zero-order chi connectivity index (χ0) is 14.8. The van der Waals surface area contributed by atoms with Crippen LogP contribution in [-0.4, -0.2) is 7.11 Å². The van der Waals surface area contributed by atoms with Gasteiger partial charge in [-0.2, -0.15) is 0 Å². The third-order valence-electron chi connectivity index (χ3n) is 3.86. The third kappa shape index (κ3) is 2.80. The summed E-state index contributed by atoms with van der Waals surface area (Å²) in [6, 6.07) is 14.7. The molecule has 3 rings (SSSR count). The molecule has 0 amide bonds. The average molecular weight is 297 g/mol. The number of hydrogen-bond acceptors (Lipinski definition) is 3. The molecule has 0 spiro atoms. The maximum Gasteiger partial charge on any atom is 0.119 e. The molecule has 3 aromatic rings. The number of hydrogen-bond donors (Lipinski definition) is 1. The molecule has 0 aliphatic carbocycles. The molecule has 21 heavy (non-hydrogen) atoms. The number of aryl methyl sites for hydroxylation is 1. The summed E-state index contributed by atoms with van der Waals surface area (Å²) in [6.07, 6.45) is 0.839. The van der Waals surface area contributed by atoms with Crippen LogP contribution < -0.4 is 10.5 Å². The van der Waals surface area contributed by atoms with E-state index < -0.39 is 0 Å². The molecule has 0 aliphatic rings. The molecule has 2 aromatic carbocycles. The fraction of sp³-hybridized carbons (Fsp3) is 0.222. The molecule has 1 aromatic heterocycles. The Morgan fingerprint density at radius 2 is 2.05 bits per heavy atom. The summed E-state index contributed by atoms with van der Waals surface area (Å²) >= 11 is 1.74. The Bertz CT molecular complexity index is 763. The van der Waals surface area contributed by atoms with Gasteiger partial charge in [0.05, 0.1) is 7.11 Å². The van der Waals surface area contributed by atoms with E-state index in [4.69, 9.17) is 10.5 Å². The number of fused-ring (bicyclic) bond motifs is 1. The Morgan fingerprint density at radius 3 is 2.76 bits per heavy atom. The van der Waals surface area contributed by atoms with Crippen molar-refractivity contribution in [1.82, 2.24) is 0 Å². The van der Waals surface area contributed by atoms with Crippen LogP contribution in [0.5, 0.6) is 5.75 Å². The minimum absolute atomic E-state index is 0.0433. The largest absolute Gasteiger partial charge is 0.497 e. The lowest BCUT2D eigenvalue weighted by Crippen LogP contribution is -2.13. The van der Waals surface area contributed by atoms with Gasteiger partial charge in [-0.05, 0) is 58.8 Å². The Morgan fingerprint density at radius 1 is 1.19 bits per heavy atom. The highest BCUT2D eigenvalue weighted by Crippen LogP contribution is 2.29. The first-order valence-corrected chi connectivity index (χ1v) is 7.92. The highest BCUT2D eigenvalue weighted by atomic mass is 32.1. The molecule has 2 N–H and O–H groups in total. The van der Waals surface area contributed by atoms with Crippen molar-refractivity contribution in [3.8, 4) is 5.75 Å². The minimum atomic E-state index is 0.0433. The van der Waals surface area contributed by atoms with Crippen molar-refractivity contribution < 1.29 is 4.74 Å². The van der Waals surface area contributed by atoms with Gasteiger partial charge < -0.3 is 10.5 Å². The van der Waals surface area contributed by atoms with Crippen molar-refractivity contribution in [2.45, 2.75) is 19.4 Å². The fourth-order valence-electron chi connectivity index (χ4n) is 2.72. The quantitative estimate of drug-likeness (QED) is 0.771. The molecule has 0 fully saturated rings. The highest BCUT2D eigenvalue weighted by molar-refractivity contribution is 7.10. The van der Waals surface area contributed by atoms with Gasteiger partial charge in [0.2, 0.25) is 0 Å². The summed E-state index contributed by atoms with van der Waals surface area (Å²) < 4.78 is 5.34. The molecular formula is C18H19NOS. The summed E-state index contributed by atoms with van der Waals surface area (Å²) in [5.74, 6) is 0.885. The smallest absolute Gasteiger partial charge is 0.119 e. The van der Waals surface area contributed by atoms with Gasteiger partial charge in [0.1, 0.15) is 5.75 Å². The topological polar surface area (TPSA) is 35.2 Å². The van der Waals surface area contributed by atoms with Gasteiger partial charge >= 0.3 is 0 Å². The summed E-state index contributed by atoms with van der Waals surface area (Å²) in [7, 11) is 1.70. The van der Waals surface area contributed by atoms with E-state index in [1.807, 2.05) is 6.07 Å². The summed E-state index contributed by atoms with van der Waals surface area (Å²) in [5.41, 5.74) is 8.97. The number of benzene rings is 2. The van der Waals surface area contributed by atoms with Crippen LogP contribution in [0.25, 0.3) is 10.8 Å². The zero-order valence-electron chi connectivity index (χ0n) is 12.3. The van der Waals surface area contributed by atoms with Crippen LogP contribution >= 0.6 is 11.3 Å². The van der Waals surface area contributed by atoms with Crippen LogP contribution in [0.4, 0.5) is 0 Å². The molecule has 0 saturated heterocycles. The summed E-state index contributed by atoms with van der Waals surface area (Å²) in [5, 5.41) is 4.56. The molecule has 0 radical (unpaired) electrons. The number of thiophene rings is 1. The molecule has 1 atom stereocenters. The van der Waals surface area contributed by atoms with Gasteiger partial charge in [-0.1, -0.05) is 24.3 Å². The van der Waals surface area contributed by atoms with Crippen LogP contribution in [0.1, 0.15) is 22.0 Å². The zero-order valence-corrected chi connectivity index (χ0v) is 13.1. The highest BCUT2D eigenvalue weighted by Gasteiger charge is 2.13. The second-order valence-corrected chi connectivity index (χ2v) is 6.23. The number of methoxy groups -OCH3 is 1. The first kappa shape index (κ1) is 14.1. The van der Waals surface area contributed by atoms with Gasteiger partial charge in [-0.3, -0.25) is 0 Å². The molecule has 108 valence electrons. The Kier molecular flexibility index (Phi) is 3.95. The maximum atomic E-state index is 6.41. The molecule has 1 unspecified atom stereocenters. The van der Waals surface area contributed by atoms with Crippen LogP contribution in [-0.2, 0) is 6.42 Å². The second kappa shape index (κ2) is 5.88. The molecule has 0 bridgehead atoms. The lowest BCUT2D eigenvalue weighted by Gasteiger charge is -2.14. The lowest BCUT2D eigenvalue weighted by molar-refractivity contribution is 0.415. The van der Waals surface area contributed by atoms with E-state index in [0.717, 1.165) is 12.2 Å². The monoisotopic (exact) mass is 297 g/mol. The van der Waals surface area contributed by atoms with Gasteiger partial charge in [0, 0.05) is 10.9 Å². The van der Waals surface area contributed by atoms with Gasteiger partial charge in [0.15, 0.2) is 0 Å². The van der Waals surface area contributed by atoms with Crippen molar-refractivity contribution >= 4 is 22.1 Å². The van der Waals surface area contributed by atoms with Gasteiger partial charge in [0.25, 0.3) is 0 Å². The SMILES string of the molecule is COc1ccc2cccc(CC(N)c3sccc3C)c2c1. The van der Waals surface area contributed by atoms with Crippen molar-refractivity contribution in [3.05, 3.63) is 63.8 Å². The number of nitrogens with two attached hydrogens (primary N) is 1. The van der Waals surface area contributed by atoms with Crippen molar-refractivity contribution in [3.63, 3.8) is 0 Å². The average Bonchev–Trinajstić information content (AvgIpc) is 2.93. The van der Waals surface area contributed by atoms with Crippen molar-refractivity contribution in [2.24, 2.45) is 5.73 Å². The Balaban J connectivity index is 1.98. The minimum Gasteiger partial charge on any atom is -0.497 e. The van der Waals surface area contributed by atoms with E-state index in [2.05, 4.69) is 48.7 Å². The number of rotatable bonds is 4. The van der Waals surface area contributed by atoms with E-state index in [9.17, 15) is 0 Å². The predicted molar refractivity (Wildman–Crippen MR) is 90.2 cm³/mol. The first-order valence-electron chi connectivity index (χ1n) is 7.04. The van der Waals surface area contributed by atoms with Crippen LogP contribution in [0, 0.1) is 6.92 Å². The van der Waals surface area contributed by atoms with Crippen LogP contribution in [0.3, 0.4) is 0 Å². The molecule has 1 heterocycles.